The minimum atomic E-state index is -0.326. The molecule has 5 aromatic rings. The summed E-state index contributed by atoms with van der Waals surface area (Å²) in [4.78, 5) is 20.6. The number of fused-ring (bicyclic) bond motifs is 1. The van der Waals surface area contributed by atoms with Gasteiger partial charge in [-0.3, -0.25) is 14.8 Å². The molecule has 0 aliphatic heterocycles. The zero-order valence-electron chi connectivity index (χ0n) is 16.7. The molecule has 0 aliphatic carbocycles. The maximum atomic E-state index is 12.3. The monoisotopic (exact) mass is 420 g/mol. The lowest BCUT2D eigenvalue weighted by molar-refractivity contribution is 0.0955. The van der Waals surface area contributed by atoms with Crippen molar-refractivity contribution < 1.29 is 9.21 Å². The number of nitrogens with one attached hydrogen (secondary N) is 1. The van der Waals surface area contributed by atoms with Crippen molar-refractivity contribution in [1.82, 2.24) is 25.6 Å². The highest BCUT2D eigenvalue weighted by molar-refractivity contribution is 5.95. The average Bonchev–Trinajstić information content (AvgIpc) is 3.35. The van der Waals surface area contributed by atoms with Crippen LogP contribution >= 0.6 is 0 Å². The van der Waals surface area contributed by atoms with E-state index in [1.165, 1.54) is 6.21 Å². The molecule has 8 nitrogen and oxygen atoms in total. The second-order valence-corrected chi connectivity index (χ2v) is 6.89. The Morgan fingerprint density at radius 2 is 1.69 bits per heavy atom. The molecule has 5 rings (SSSR count). The molecule has 154 valence electrons. The lowest BCUT2D eigenvalue weighted by Crippen LogP contribution is -2.17. The minimum absolute atomic E-state index is 0.326. The second-order valence-electron chi connectivity index (χ2n) is 6.89. The number of pyridine rings is 2. The summed E-state index contributed by atoms with van der Waals surface area (Å²) in [6.45, 7) is 0. The molecule has 0 saturated heterocycles. The van der Waals surface area contributed by atoms with Crippen LogP contribution in [0.5, 0.6) is 0 Å². The Bertz CT molecular complexity index is 1410. The molecule has 32 heavy (non-hydrogen) atoms. The topological polar surface area (TPSA) is 106 Å². The Kier molecular flexibility index (Phi) is 5.15. The molecule has 0 bridgehead atoms. The molecule has 0 fully saturated rings. The van der Waals surface area contributed by atoms with Gasteiger partial charge < -0.3 is 4.42 Å². The van der Waals surface area contributed by atoms with Crippen LogP contribution in [-0.4, -0.2) is 32.3 Å². The fourth-order valence-corrected chi connectivity index (χ4v) is 3.11. The number of nitrogens with zero attached hydrogens (tertiary/aromatic N) is 5. The fraction of sp³-hybridized carbons (Fsp3) is 0. The molecule has 0 radical (unpaired) electrons. The molecule has 1 amide bonds. The first kappa shape index (κ1) is 19.3. The van der Waals surface area contributed by atoms with E-state index < -0.39 is 0 Å². The SMILES string of the molecule is O=C(N/N=C/c1cccnc1)c1ccc(-c2nnc(-c3ccc4ncccc4c3)o2)cc1. The summed E-state index contributed by atoms with van der Waals surface area (Å²) in [6, 6.07) is 20.1. The maximum absolute atomic E-state index is 12.3. The maximum Gasteiger partial charge on any atom is 0.271 e. The van der Waals surface area contributed by atoms with E-state index in [0.717, 1.165) is 22.0 Å². The number of benzene rings is 2. The van der Waals surface area contributed by atoms with Crippen LogP contribution in [0.15, 0.2) is 94.8 Å². The first-order valence-corrected chi connectivity index (χ1v) is 9.79. The van der Waals surface area contributed by atoms with Crippen molar-refractivity contribution in [2.45, 2.75) is 0 Å². The van der Waals surface area contributed by atoms with E-state index in [1.54, 1.807) is 48.9 Å². The Labute approximate surface area is 182 Å². The lowest BCUT2D eigenvalue weighted by Gasteiger charge is -2.01. The second kappa shape index (κ2) is 8.57. The van der Waals surface area contributed by atoms with Gasteiger partial charge in [0.1, 0.15) is 0 Å². The van der Waals surface area contributed by atoms with Crippen molar-refractivity contribution >= 4 is 23.0 Å². The van der Waals surface area contributed by atoms with Gasteiger partial charge in [-0.05, 0) is 54.6 Å². The van der Waals surface area contributed by atoms with Crippen LogP contribution in [0.1, 0.15) is 15.9 Å². The van der Waals surface area contributed by atoms with Gasteiger partial charge in [0.2, 0.25) is 11.8 Å². The van der Waals surface area contributed by atoms with Crippen LogP contribution in [-0.2, 0) is 0 Å². The summed E-state index contributed by atoms with van der Waals surface area (Å²) in [5.41, 5.74) is 6.16. The number of aromatic nitrogens is 4. The third kappa shape index (κ3) is 4.10. The van der Waals surface area contributed by atoms with Gasteiger partial charge in [0, 0.05) is 46.2 Å². The molecule has 0 unspecified atom stereocenters. The molecule has 1 N–H and O–H groups in total. The Balaban J connectivity index is 1.29. The van der Waals surface area contributed by atoms with Gasteiger partial charge in [0.25, 0.3) is 5.91 Å². The lowest BCUT2D eigenvalue weighted by atomic mass is 10.1. The zero-order valence-corrected chi connectivity index (χ0v) is 16.7. The molecule has 3 heterocycles. The van der Waals surface area contributed by atoms with Crippen molar-refractivity contribution in [1.29, 1.82) is 0 Å². The van der Waals surface area contributed by atoms with Crippen molar-refractivity contribution in [2.24, 2.45) is 5.10 Å². The predicted octanol–water partition coefficient (Wildman–Crippen LogP) is 4.11. The number of rotatable bonds is 5. The van der Waals surface area contributed by atoms with Crippen LogP contribution in [0.3, 0.4) is 0 Å². The summed E-state index contributed by atoms with van der Waals surface area (Å²) < 4.78 is 5.85. The fourth-order valence-electron chi connectivity index (χ4n) is 3.11. The largest absolute Gasteiger partial charge is 0.416 e. The molecule has 0 atom stereocenters. The number of carbonyl (C=O) groups excluding carboxylic acids is 1. The van der Waals surface area contributed by atoms with Crippen molar-refractivity contribution in [2.75, 3.05) is 0 Å². The van der Waals surface area contributed by atoms with E-state index in [9.17, 15) is 4.79 Å². The number of hydrogen-bond donors (Lipinski definition) is 1. The number of amides is 1. The summed E-state index contributed by atoms with van der Waals surface area (Å²) in [7, 11) is 0. The van der Waals surface area contributed by atoms with E-state index in [4.69, 9.17) is 4.42 Å². The van der Waals surface area contributed by atoms with Gasteiger partial charge in [0.15, 0.2) is 0 Å². The molecular weight excluding hydrogens is 404 g/mol. The molecule has 0 aliphatic rings. The van der Waals surface area contributed by atoms with Crippen LogP contribution in [0, 0.1) is 0 Å². The van der Waals surface area contributed by atoms with Crippen molar-refractivity contribution in [3.8, 4) is 22.9 Å². The predicted molar refractivity (Wildman–Crippen MR) is 120 cm³/mol. The van der Waals surface area contributed by atoms with Crippen LogP contribution in [0.25, 0.3) is 33.8 Å². The van der Waals surface area contributed by atoms with Crippen molar-refractivity contribution in [3.63, 3.8) is 0 Å². The van der Waals surface area contributed by atoms with E-state index >= 15 is 0 Å². The number of hydrogen-bond acceptors (Lipinski definition) is 7. The molecule has 8 heteroatoms. The normalized spacial score (nSPS) is 11.1. The Hall–Kier alpha value is -4.72. The highest BCUT2D eigenvalue weighted by atomic mass is 16.4. The molecule has 2 aromatic carbocycles. The van der Waals surface area contributed by atoms with E-state index in [1.807, 2.05) is 36.4 Å². The van der Waals surface area contributed by atoms with Crippen LogP contribution in [0.2, 0.25) is 0 Å². The van der Waals surface area contributed by atoms with E-state index in [2.05, 4.69) is 30.7 Å². The average molecular weight is 420 g/mol. The Morgan fingerprint density at radius 3 is 2.50 bits per heavy atom. The van der Waals surface area contributed by atoms with Crippen molar-refractivity contribution in [3.05, 3.63) is 96.4 Å². The number of carbonyl (C=O) groups is 1. The third-order valence-electron chi connectivity index (χ3n) is 4.73. The van der Waals surface area contributed by atoms with Gasteiger partial charge in [-0.1, -0.05) is 12.1 Å². The molecule has 0 saturated carbocycles. The summed E-state index contributed by atoms with van der Waals surface area (Å²) in [5, 5.41) is 13.2. The van der Waals surface area contributed by atoms with Gasteiger partial charge >= 0.3 is 0 Å². The summed E-state index contributed by atoms with van der Waals surface area (Å²) in [6.07, 6.45) is 6.60. The Morgan fingerprint density at radius 1 is 0.906 bits per heavy atom. The molecular formula is C24H16N6O2. The highest BCUT2D eigenvalue weighted by Gasteiger charge is 2.12. The summed E-state index contributed by atoms with van der Waals surface area (Å²) in [5.74, 6) is 0.456. The third-order valence-corrected chi connectivity index (χ3v) is 4.73. The van der Waals surface area contributed by atoms with Crippen LogP contribution in [0.4, 0.5) is 0 Å². The summed E-state index contributed by atoms with van der Waals surface area (Å²) >= 11 is 0. The number of hydrazone groups is 1. The smallest absolute Gasteiger partial charge is 0.271 e. The highest BCUT2D eigenvalue weighted by Crippen LogP contribution is 2.26. The quantitative estimate of drug-likeness (QED) is 0.339. The minimum Gasteiger partial charge on any atom is -0.416 e. The first-order valence-electron chi connectivity index (χ1n) is 9.79. The van der Waals surface area contributed by atoms with Gasteiger partial charge in [-0.25, -0.2) is 5.43 Å². The standard InChI is InChI=1S/C24H16N6O2/c31-22(28-27-15-16-3-1-11-25-14-16)17-5-7-18(8-6-17)23-29-30-24(32-23)20-9-10-21-19(13-20)4-2-12-26-21/h1-15H,(H,28,31)/b27-15+. The van der Waals surface area contributed by atoms with E-state index in [-0.39, 0.29) is 5.91 Å². The molecule has 3 aromatic heterocycles. The zero-order chi connectivity index (χ0) is 21.8. The van der Waals surface area contributed by atoms with E-state index in [0.29, 0.717) is 22.9 Å². The molecule has 0 spiro atoms. The van der Waals surface area contributed by atoms with Gasteiger partial charge in [0.05, 0.1) is 11.7 Å². The van der Waals surface area contributed by atoms with Gasteiger partial charge in [-0.2, -0.15) is 5.10 Å². The van der Waals surface area contributed by atoms with Crippen LogP contribution < -0.4 is 5.43 Å². The first-order chi connectivity index (χ1) is 15.8. The van der Waals surface area contributed by atoms with Gasteiger partial charge in [-0.15, -0.1) is 10.2 Å².